The lowest BCUT2D eigenvalue weighted by Crippen LogP contribution is -2.41. The van der Waals surface area contributed by atoms with Gasteiger partial charge in [-0.05, 0) is 40.8 Å². The van der Waals surface area contributed by atoms with E-state index in [2.05, 4.69) is 31.2 Å². The van der Waals surface area contributed by atoms with E-state index in [9.17, 15) is 14.4 Å². The number of amides is 2. The van der Waals surface area contributed by atoms with Crippen molar-refractivity contribution in [1.82, 2.24) is 0 Å². The molecule has 4 aliphatic rings. The number of hydrogen-bond acceptors (Lipinski definition) is 4. The first kappa shape index (κ1) is 23.7. The number of benzene rings is 3. The molecule has 1 saturated heterocycles. The molecule has 0 radical (unpaired) electrons. The number of carbonyl (C=O) groups is 3. The minimum atomic E-state index is -0.490. The fourth-order valence-corrected chi connectivity index (χ4v) is 6.70. The highest BCUT2D eigenvalue weighted by Gasteiger charge is 2.62. The van der Waals surface area contributed by atoms with Crippen molar-refractivity contribution in [3.8, 4) is 0 Å². The van der Waals surface area contributed by atoms with Crippen molar-refractivity contribution in [3.63, 3.8) is 0 Å². The van der Waals surface area contributed by atoms with E-state index in [0.717, 1.165) is 47.9 Å². The van der Waals surface area contributed by atoms with E-state index >= 15 is 0 Å². The predicted octanol–water partition coefficient (Wildman–Crippen LogP) is 6.21. The van der Waals surface area contributed by atoms with Gasteiger partial charge >= 0.3 is 5.97 Å². The zero-order valence-corrected chi connectivity index (χ0v) is 21.1. The van der Waals surface area contributed by atoms with Gasteiger partial charge in [0.05, 0.1) is 29.7 Å². The third-order valence-electron chi connectivity index (χ3n) is 8.29. The predicted molar refractivity (Wildman–Crippen MR) is 142 cm³/mol. The number of imide groups is 1. The largest absolute Gasteiger partial charge is 0.462 e. The van der Waals surface area contributed by atoms with Crippen LogP contribution in [0.1, 0.15) is 83.5 Å². The van der Waals surface area contributed by atoms with Crippen molar-refractivity contribution in [1.29, 1.82) is 0 Å². The van der Waals surface area contributed by atoms with E-state index in [0.29, 0.717) is 12.3 Å². The molecule has 5 nitrogen and oxygen atoms in total. The van der Waals surface area contributed by atoms with Gasteiger partial charge in [0.1, 0.15) is 0 Å². The van der Waals surface area contributed by atoms with Crippen LogP contribution < -0.4 is 4.90 Å². The second kappa shape index (κ2) is 9.62. The van der Waals surface area contributed by atoms with Crippen LogP contribution in [0.2, 0.25) is 0 Å². The summed E-state index contributed by atoms with van der Waals surface area (Å²) < 4.78 is 5.57. The van der Waals surface area contributed by atoms with E-state index in [1.165, 1.54) is 11.3 Å². The van der Waals surface area contributed by atoms with Crippen LogP contribution in [0.5, 0.6) is 0 Å². The summed E-state index contributed by atoms with van der Waals surface area (Å²) in [6.07, 6.45) is 5.27. The van der Waals surface area contributed by atoms with E-state index in [-0.39, 0.29) is 29.2 Å². The van der Waals surface area contributed by atoms with Gasteiger partial charge in [-0.2, -0.15) is 0 Å². The number of para-hydroxylation sites is 1. The molecule has 2 bridgehead atoms. The summed E-state index contributed by atoms with van der Waals surface area (Å²) in [5.41, 5.74) is 5.11. The molecule has 2 atom stereocenters. The average Bonchev–Trinajstić information content (AvgIpc) is 3.20. The van der Waals surface area contributed by atoms with Crippen LogP contribution in [0.3, 0.4) is 0 Å². The highest BCUT2D eigenvalue weighted by Crippen LogP contribution is 2.61. The number of ether oxygens (including phenoxy) is 1. The molecule has 188 valence electrons. The summed E-state index contributed by atoms with van der Waals surface area (Å²) in [5, 5.41) is 0. The number of nitrogens with zero attached hydrogens (tertiary/aromatic N) is 1. The van der Waals surface area contributed by atoms with Crippen molar-refractivity contribution >= 4 is 23.5 Å². The van der Waals surface area contributed by atoms with E-state index in [4.69, 9.17) is 4.74 Å². The molecule has 5 heteroatoms. The zero-order chi connectivity index (χ0) is 25.5. The Balaban J connectivity index is 1.32. The van der Waals surface area contributed by atoms with Crippen molar-refractivity contribution < 1.29 is 19.1 Å². The maximum Gasteiger partial charge on any atom is 0.340 e. The smallest absolute Gasteiger partial charge is 0.340 e. The van der Waals surface area contributed by atoms with Gasteiger partial charge in [0.2, 0.25) is 11.8 Å². The van der Waals surface area contributed by atoms with Crippen molar-refractivity contribution in [2.45, 2.75) is 50.9 Å². The third kappa shape index (κ3) is 3.71. The van der Waals surface area contributed by atoms with Gasteiger partial charge < -0.3 is 4.74 Å². The highest BCUT2D eigenvalue weighted by molar-refractivity contribution is 6.25. The van der Waals surface area contributed by atoms with Gasteiger partial charge in [-0.25, -0.2) is 9.69 Å². The minimum Gasteiger partial charge on any atom is -0.462 e. The normalized spacial score (nSPS) is 23.0. The highest BCUT2D eigenvalue weighted by atomic mass is 16.5. The van der Waals surface area contributed by atoms with Crippen LogP contribution in [0, 0.1) is 11.8 Å². The molecule has 7 rings (SSSR count). The summed E-state index contributed by atoms with van der Waals surface area (Å²) in [5.74, 6) is -2.26. The van der Waals surface area contributed by atoms with E-state index in [1.807, 2.05) is 24.3 Å². The van der Waals surface area contributed by atoms with Gasteiger partial charge in [0, 0.05) is 11.8 Å². The Bertz CT molecular complexity index is 1260. The minimum absolute atomic E-state index is 0.175. The van der Waals surface area contributed by atoms with Gasteiger partial charge in [0.25, 0.3) is 0 Å². The van der Waals surface area contributed by atoms with Crippen LogP contribution in [-0.2, 0) is 14.3 Å². The Morgan fingerprint density at radius 1 is 0.703 bits per heavy atom. The summed E-state index contributed by atoms with van der Waals surface area (Å²) in [6.45, 7) is 2.50. The number of carbonyl (C=O) groups excluding carboxylic acids is 3. The van der Waals surface area contributed by atoms with Crippen molar-refractivity contribution in [2.75, 3.05) is 11.5 Å². The Hall–Kier alpha value is -3.73. The lowest BCUT2D eigenvalue weighted by molar-refractivity contribution is -0.122. The summed E-state index contributed by atoms with van der Waals surface area (Å²) in [6, 6.07) is 23.2. The zero-order valence-electron chi connectivity index (χ0n) is 21.1. The molecule has 1 fully saturated rings. The molecule has 1 heterocycles. The lowest BCUT2D eigenvalue weighted by atomic mass is 9.55. The van der Waals surface area contributed by atoms with Crippen molar-refractivity contribution in [2.24, 2.45) is 11.8 Å². The van der Waals surface area contributed by atoms with Crippen LogP contribution in [0.4, 0.5) is 5.69 Å². The van der Waals surface area contributed by atoms with Crippen LogP contribution >= 0.6 is 0 Å². The summed E-state index contributed by atoms with van der Waals surface area (Å²) in [7, 11) is 0. The summed E-state index contributed by atoms with van der Waals surface area (Å²) >= 11 is 0. The molecular weight excluding hydrogens is 462 g/mol. The standard InChI is InChI=1S/C32H31NO4/c1-2-3-4-5-12-19-37-32(36)24-17-10-11-18-25(24)33-30(34)28-26-20-13-6-7-14-21(20)27(29(28)31(33)35)23-16-9-8-15-22(23)26/h6-11,13-18,26-29H,2-5,12,19H2,1H3/t26?,27?,28-,29+. The first-order valence-corrected chi connectivity index (χ1v) is 13.4. The average molecular weight is 494 g/mol. The second-order valence-electron chi connectivity index (χ2n) is 10.3. The lowest BCUT2D eigenvalue weighted by Gasteiger charge is -2.45. The molecule has 1 aliphatic heterocycles. The molecule has 3 aromatic rings. The Morgan fingerprint density at radius 3 is 1.73 bits per heavy atom. The molecule has 3 aliphatic carbocycles. The molecule has 0 saturated carbocycles. The Kier molecular flexibility index (Phi) is 6.15. The molecule has 0 N–H and O–H groups in total. The fourth-order valence-electron chi connectivity index (χ4n) is 6.70. The topological polar surface area (TPSA) is 63.7 Å². The SMILES string of the molecule is CCCCCCCOC(=O)c1ccccc1N1C(=O)[C@@H]2C3c4ccccc4C(c4ccccc43)[C@@H]2C1=O. The number of esters is 1. The van der Waals surface area contributed by atoms with Crippen molar-refractivity contribution in [3.05, 3.63) is 101 Å². The number of rotatable bonds is 8. The first-order valence-electron chi connectivity index (χ1n) is 13.4. The van der Waals surface area contributed by atoms with E-state index < -0.39 is 17.8 Å². The summed E-state index contributed by atoms with van der Waals surface area (Å²) in [4.78, 5) is 42.4. The van der Waals surface area contributed by atoms with Gasteiger partial charge in [-0.15, -0.1) is 0 Å². The second-order valence-corrected chi connectivity index (χ2v) is 10.3. The third-order valence-corrected chi connectivity index (χ3v) is 8.29. The fraction of sp³-hybridized carbons (Fsp3) is 0.344. The molecule has 0 unspecified atom stereocenters. The first-order chi connectivity index (χ1) is 18.1. The molecule has 0 aromatic heterocycles. The van der Waals surface area contributed by atoms with E-state index in [1.54, 1.807) is 24.3 Å². The van der Waals surface area contributed by atoms with Crippen LogP contribution in [0.15, 0.2) is 72.8 Å². The van der Waals surface area contributed by atoms with Crippen LogP contribution in [-0.4, -0.2) is 24.4 Å². The maximum atomic E-state index is 14.0. The number of hydrogen-bond donors (Lipinski definition) is 0. The molecule has 3 aromatic carbocycles. The maximum absolute atomic E-state index is 14.0. The van der Waals surface area contributed by atoms with Gasteiger partial charge in [-0.1, -0.05) is 93.3 Å². The Morgan fingerprint density at radius 2 is 1.19 bits per heavy atom. The molecule has 2 amide bonds. The quantitative estimate of drug-likeness (QED) is 0.213. The Labute approximate surface area is 217 Å². The molecule has 0 spiro atoms. The monoisotopic (exact) mass is 493 g/mol. The molecule has 37 heavy (non-hydrogen) atoms. The van der Waals surface area contributed by atoms with Crippen LogP contribution in [0.25, 0.3) is 0 Å². The number of unbranched alkanes of at least 4 members (excludes halogenated alkanes) is 4. The number of anilines is 1. The van der Waals surface area contributed by atoms with Gasteiger partial charge in [0.15, 0.2) is 0 Å². The molecular formula is C32H31NO4. The van der Waals surface area contributed by atoms with Gasteiger partial charge in [-0.3, -0.25) is 9.59 Å².